The average molecular weight is 375 g/mol. The number of para-hydroxylation sites is 1. The maximum atomic E-state index is 14.1. The van der Waals surface area contributed by atoms with E-state index in [0.717, 1.165) is 0 Å². The zero-order valence-electron chi connectivity index (χ0n) is 13.7. The summed E-state index contributed by atoms with van der Waals surface area (Å²) in [6.07, 6.45) is 1.50. The smallest absolute Gasteiger partial charge is 0.322 e. The van der Waals surface area contributed by atoms with Gasteiger partial charge in [-0.05, 0) is 30.3 Å². The minimum Gasteiger partial charge on any atom is -0.508 e. The van der Waals surface area contributed by atoms with E-state index in [1.54, 1.807) is 36.4 Å². The summed E-state index contributed by atoms with van der Waals surface area (Å²) in [5.74, 6) is -0.0798. The maximum Gasteiger partial charge on any atom is 0.322 e. The molecule has 2 amide bonds. The topological polar surface area (TPSA) is 65.7 Å². The molecule has 5 nitrogen and oxygen atoms in total. The van der Waals surface area contributed by atoms with Crippen LogP contribution in [0.15, 0.2) is 65.3 Å². The van der Waals surface area contributed by atoms with E-state index in [1.807, 2.05) is 0 Å². The number of carbonyl (C=O) groups is 1. The van der Waals surface area contributed by atoms with Crippen LogP contribution in [0.5, 0.6) is 5.75 Å². The lowest BCUT2D eigenvalue weighted by Crippen LogP contribution is -2.34. The van der Waals surface area contributed by atoms with Crippen LogP contribution in [-0.4, -0.2) is 16.0 Å². The summed E-state index contributed by atoms with van der Waals surface area (Å²) in [5.41, 5.74) is 0.532. The Morgan fingerprint density at radius 3 is 2.65 bits per heavy atom. The molecule has 0 spiro atoms. The highest BCUT2D eigenvalue weighted by Crippen LogP contribution is 2.24. The molecule has 0 aliphatic rings. The van der Waals surface area contributed by atoms with E-state index in [-0.39, 0.29) is 29.5 Å². The molecule has 3 rings (SSSR count). The van der Waals surface area contributed by atoms with Gasteiger partial charge in [-0.2, -0.15) is 0 Å². The van der Waals surface area contributed by atoms with Crippen LogP contribution < -0.4 is 5.32 Å². The molecule has 0 aliphatic heterocycles. The number of benzene rings is 2. The van der Waals surface area contributed by atoms with Crippen molar-refractivity contribution >= 4 is 23.3 Å². The van der Waals surface area contributed by atoms with Gasteiger partial charge in [0.1, 0.15) is 11.5 Å². The number of phenolic OH excluding ortho intramolecular Hbond substituents is 1. The lowest BCUT2D eigenvalue weighted by Gasteiger charge is -2.23. The zero-order valence-corrected chi connectivity index (χ0v) is 14.4. The van der Waals surface area contributed by atoms with Crippen molar-refractivity contribution in [1.82, 2.24) is 4.90 Å². The molecule has 0 saturated heterocycles. The third kappa shape index (κ3) is 4.15. The highest BCUT2D eigenvalue weighted by molar-refractivity contribution is 6.31. The van der Waals surface area contributed by atoms with Gasteiger partial charge in [0.15, 0.2) is 5.82 Å². The van der Waals surface area contributed by atoms with Gasteiger partial charge in [0.25, 0.3) is 0 Å². The number of carbonyl (C=O) groups excluding carboxylic acids is 1. The van der Waals surface area contributed by atoms with Crippen molar-refractivity contribution in [1.29, 1.82) is 0 Å². The first-order valence-corrected chi connectivity index (χ1v) is 8.21. The largest absolute Gasteiger partial charge is 0.508 e. The van der Waals surface area contributed by atoms with Crippen LogP contribution in [0.3, 0.4) is 0 Å². The highest BCUT2D eigenvalue weighted by Gasteiger charge is 2.19. The first-order chi connectivity index (χ1) is 12.5. The van der Waals surface area contributed by atoms with Crippen molar-refractivity contribution < 1.29 is 18.7 Å². The maximum absolute atomic E-state index is 14.1. The summed E-state index contributed by atoms with van der Waals surface area (Å²) in [7, 11) is 0. The number of hydrogen-bond acceptors (Lipinski definition) is 3. The summed E-state index contributed by atoms with van der Waals surface area (Å²) in [6, 6.07) is 13.9. The Morgan fingerprint density at radius 2 is 1.92 bits per heavy atom. The molecule has 1 aromatic heterocycles. The van der Waals surface area contributed by atoms with Gasteiger partial charge in [0.05, 0.1) is 30.1 Å². The Hall–Kier alpha value is -2.99. The summed E-state index contributed by atoms with van der Waals surface area (Å²) >= 11 is 5.75. The second kappa shape index (κ2) is 7.93. The van der Waals surface area contributed by atoms with E-state index < -0.39 is 11.8 Å². The SMILES string of the molecule is O=C(Nc1cccc(Cl)c1F)N(Cc1ccco1)Cc1ccccc1O. The van der Waals surface area contributed by atoms with Crippen LogP contribution >= 0.6 is 11.6 Å². The van der Waals surface area contributed by atoms with E-state index >= 15 is 0 Å². The molecule has 2 aromatic carbocycles. The van der Waals surface area contributed by atoms with Crippen molar-refractivity contribution in [2.45, 2.75) is 13.1 Å². The predicted octanol–water partition coefficient (Wildman–Crippen LogP) is 5.01. The van der Waals surface area contributed by atoms with Crippen LogP contribution in [0.25, 0.3) is 0 Å². The molecular formula is C19H16ClFN2O3. The van der Waals surface area contributed by atoms with Crippen molar-refractivity contribution in [3.63, 3.8) is 0 Å². The van der Waals surface area contributed by atoms with Crippen LogP contribution in [0.2, 0.25) is 5.02 Å². The number of phenols is 1. The minimum absolute atomic E-state index is 0.0239. The standard InChI is InChI=1S/C19H16ClFN2O3/c20-15-7-3-8-16(18(15)21)22-19(25)23(12-14-6-4-10-26-14)11-13-5-1-2-9-17(13)24/h1-10,24H,11-12H2,(H,22,25). The lowest BCUT2D eigenvalue weighted by atomic mass is 10.2. The number of nitrogens with one attached hydrogen (secondary N) is 1. The molecule has 0 radical (unpaired) electrons. The van der Waals surface area contributed by atoms with Gasteiger partial charge < -0.3 is 19.7 Å². The number of nitrogens with zero attached hydrogens (tertiary/aromatic N) is 1. The molecule has 0 saturated carbocycles. The molecule has 0 unspecified atom stereocenters. The van der Waals surface area contributed by atoms with Crippen molar-refractivity contribution in [3.05, 3.63) is 83.0 Å². The third-order valence-corrected chi connectivity index (χ3v) is 4.05. The predicted molar refractivity (Wildman–Crippen MR) is 96.5 cm³/mol. The summed E-state index contributed by atoms with van der Waals surface area (Å²) in [5, 5.41) is 12.4. The van der Waals surface area contributed by atoms with E-state index in [4.69, 9.17) is 16.0 Å². The van der Waals surface area contributed by atoms with Gasteiger partial charge in [-0.3, -0.25) is 0 Å². The Bertz CT molecular complexity index is 900. The molecule has 0 fully saturated rings. The van der Waals surface area contributed by atoms with Crippen molar-refractivity contribution in [2.24, 2.45) is 0 Å². The van der Waals surface area contributed by atoms with Crippen LogP contribution in [0.4, 0.5) is 14.9 Å². The number of hydrogen-bond donors (Lipinski definition) is 2. The Labute approximate surface area is 154 Å². The molecule has 7 heteroatoms. The fraction of sp³-hybridized carbons (Fsp3) is 0.105. The molecular weight excluding hydrogens is 359 g/mol. The van der Waals surface area contributed by atoms with Crippen LogP contribution in [0.1, 0.15) is 11.3 Å². The first kappa shape index (κ1) is 17.8. The fourth-order valence-electron chi connectivity index (χ4n) is 2.43. The Morgan fingerprint density at radius 1 is 1.12 bits per heavy atom. The number of aromatic hydroxyl groups is 1. The summed E-state index contributed by atoms with van der Waals surface area (Å²) in [6.45, 7) is 0.261. The van der Waals surface area contributed by atoms with Crippen molar-refractivity contribution in [2.75, 3.05) is 5.32 Å². The van der Waals surface area contributed by atoms with E-state index in [9.17, 15) is 14.3 Å². The minimum atomic E-state index is -0.706. The van der Waals surface area contributed by atoms with Crippen LogP contribution in [-0.2, 0) is 13.1 Å². The average Bonchev–Trinajstić information content (AvgIpc) is 3.13. The fourth-order valence-corrected chi connectivity index (χ4v) is 2.61. The highest BCUT2D eigenvalue weighted by atomic mass is 35.5. The third-order valence-electron chi connectivity index (χ3n) is 3.76. The van der Waals surface area contributed by atoms with Gasteiger partial charge in [-0.25, -0.2) is 9.18 Å². The normalized spacial score (nSPS) is 10.5. The Balaban J connectivity index is 1.83. The van der Waals surface area contributed by atoms with E-state index in [2.05, 4.69) is 5.32 Å². The number of amides is 2. The lowest BCUT2D eigenvalue weighted by molar-refractivity contribution is 0.200. The molecule has 2 N–H and O–H groups in total. The molecule has 26 heavy (non-hydrogen) atoms. The Kier molecular flexibility index (Phi) is 5.43. The number of halogens is 2. The number of anilines is 1. The summed E-state index contributed by atoms with van der Waals surface area (Å²) in [4.78, 5) is 14.1. The van der Waals surface area contributed by atoms with Gasteiger partial charge in [-0.15, -0.1) is 0 Å². The monoisotopic (exact) mass is 374 g/mol. The molecule has 0 bridgehead atoms. The van der Waals surface area contributed by atoms with Gasteiger partial charge in [0.2, 0.25) is 0 Å². The number of furan rings is 1. The van der Waals surface area contributed by atoms with E-state index in [1.165, 1.54) is 29.4 Å². The summed E-state index contributed by atoms with van der Waals surface area (Å²) < 4.78 is 19.4. The molecule has 134 valence electrons. The van der Waals surface area contributed by atoms with Crippen molar-refractivity contribution in [3.8, 4) is 5.75 Å². The number of urea groups is 1. The molecule has 1 heterocycles. The van der Waals surface area contributed by atoms with E-state index in [0.29, 0.717) is 11.3 Å². The molecule has 0 aliphatic carbocycles. The van der Waals surface area contributed by atoms with Gasteiger partial charge >= 0.3 is 6.03 Å². The second-order valence-corrected chi connectivity index (χ2v) is 6.00. The zero-order chi connectivity index (χ0) is 18.5. The quantitative estimate of drug-likeness (QED) is 0.659. The van der Waals surface area contributed by atoms with Gasteiger partial charge in [0, 0.05) is 5.56 Å². The second-order valence-electron chi connectivity index (χ2n) is 5.60. The molecule has 0 atom stereocenters. The first-order valence-electron chi connectivity index (χ1n) is 7.84. The molecule has 3 aromatic rings. The number of rotatable bonds is 5. The van der Waals surface area contributed by atoms with Crippen LogP contribution in [0, 0.1) is 5.82 Å². The van der Waals surface area contributed by atoms with Gasteiger partial charge in [-0.1, -0.05) is 35.9 Å².